The Balaban J connectivity index is 1.43. The molecule has 1 aromatic heterocycles. The molecular weight excluding hydrogens is 393 g/mol. The SMILES string of the molecule is O=C(COC(=O)c1ccc(COc2ccc(F)cc2)o1)NC1CCS(=O)(=O)C1. The predicted molar refractivity (Wildman–Crippen MR) is 94.9 cm³/mol. The van der Waals surface area contributed by atoms with Gasteiger partial charge in [0.2, 0.25) is 5.76 Å². The Morgan fingerprint density at radius 2 is 1.93 bits per heavy atom. The zero-order valence-electron chi connectivity index (χ0n) is 14.7. The standard InChI is InChI=1S/C18H18FNO7S/c19-12-1-3-14(4-2-12)25-9-15-5-6-16(27-15)18(22)26-10-17(21)20-13-7-8-28(23,24)11-13/h1-6,13H,7-11H2,(H,20,21). The van der Waals surface area contributed by atoms with Gasteiger partial charge in [0.25, 0.3) is 5.91 Å². The van der Waals surface area contributed by atoms with Crippen molar-refractivity contribution in [3.8, 4) is 5.75 Å². The lowest BCUT2D eigenvalue weighted by molar-refractivity contribution is -0.124. The first-order valence-electron chi connectivity index (χ1n) is 8.45. The lowest BCUT2D eigenvalue weighted by Crippen LogP contribution is -2.38. The van der Waals surface area contributed by atoms with Gasteiger partial charge in [0.1, 0.15) is 23.9 Å². The van der Waals surface area contributed by atoms with Crippen LogP contribution >= 0.6 is 0 Å². The van der Waals surface area contributed by atoms with E-state index in [1.54, 1.807) is 0 Å². The van der Waals surface area contributed by atoms with Crippen LogP contribution in [0.15, 0.2) is 40.8 Å². The molecule has 0 aliphatic carbocycles. The Kier molecular flexibility index (Phi) is 5.98. The zero-order chi connectivity index (χ0) is 20.1. The van der Waals surface area contributed by atoms with Crippen LogP contribution in [0.25, 0.3) is 0 Å². The van der Waals surface area contributed by atoms with Crippen LogP contribution in [-0.2, 0) is 26.0 Å². The Labute approximate surface area is 160 Å². The lowest BCUT2D eigenvalue weighted by Gasteiger charge is -2.10. The number of nitrogens with one attached hydrogen (secondary N) is 1. The average Bonchev–Trinajstić information content (AvgIpc) is 3.25. The van der Waals surface area contributed by atoms with Crippen molar-refractivity contribution in [2.24, 2.45) is 0 Å². The third kappa shape index (κ3) is 5.56. The summed E-state index contributed by atoms with van der Waals surface area (Å²) in [5.41, 5.74) is 0. The first-order valence-corrected chi connectivity index (χ1v) is 10.3. The Morgan fingerprint density at radius 3 is 2.61 bits per heavy atom. The average molecular weight is 411 g/mol. The van der Waals surface area contributed by atoms with E-state index in [4.69, 9.17) is 13.9 Å². The maximum atomic E-state index is 12.8. The predicted octanol–water partition coefficient (Wildman–Crippen LogP) is 1.46. The van der Waals surface area contributed by atoms with E-state index in [-0.39, 0.29) is 29.7 Å². The highest BCUT2D eigenvalue weighted by molar-refractivity contribution is 7.91. The summed E-state index contributed by atoms with van der Waals surface area (Å²) < 4.78 is 51.1. The largest absolute Gasteiger partial charge is 0.486 e. The second kappa shape index (κ2) is 8.42. The minimum absolute atomic E-state index is 0.0234. The number of sulfone groups is 1. The molecule has 10 heteroatoms. The fourth-order valence-electron chi connectivity index (χ4n) is 2.63. The van der Waals surface area contributed by atoms with Gasteiger partial charge in [-0.1, -0.05) is 0 Å². The molecule has 1 aliphatic heterocycles. The molecule has 28 heavy (non-hydrogen) atoms. The van der Waals surface area contributed by atoms with E-state index in [9.17, 15) is 22.4 Å². The normalized spacial score (nSPS) is 17.8. The number of hydrogen-bond acceptors (Lipinski definition) is 7. The summed E-state index contributed by atoms with van der Waals surface area (Å²) in [7, 11) is -3.11. The smallest absolute Gasteiger partial charge is 0.374 e. The Morgan fingerprint density at radius 1 is 1.18 bits per heavy atom. The molecule has 8 nitrogen and oxygen atoms in total. The molecule has 0 saturated carbocycles. The number of ether oxygens (including phenoxy) is 2. The number of benzene rings is 1. The van der Waals surface area contributed by atoms with Gasteiger partial charge in [0, 0.05) is 6.04 Å². The van der Waals surface area contributed by atoms with Crippen LogP contribution in [0.4, 0.5) is 4.39 Å². The maximum absolute atomic E-state index is 12.8. The molecule has 1 fully saturated rings. The highest BCUT2D eigenvalue weighted by Crippen LogP contribution is 2.16. The molecule has 2 aromatic rings. The molecule has 1 saturated heterocycles. The molecule has 0 bridgehead atoms. The summed E-state index contributed by atoms with van der Waals surface area (Å²) in [4.78, 5) is 23.7. The van der Waals surface area contributed by atoms with Crippen molar-refractivity contribution in [2.45, 2.75) is 19.1 Å². The fourth-order valence-corrected chi connectivity index (χ4v) is 4.30. The van der Waals surface area contributed by atoms with Gasteiger partial charge in [-0.15, -0.1) is 0 Å². The van der Waals surface area contributed by atoms with E-state index in [0.717, 1.165) is 0 Å². The summed E-state index contributed by atoms with van der Waals surface area (Å²) in [5.74, 6) is -1.19. The number of amides is 1. The Hall–Kier alpha value is -2.88. The molecule has 0 spiro atoms. The van der Waals surface area contributed by atoms with Crippen molar-refractivity contribution >= 4 is 21.7 Å². The monoisotopic (exact) mass is 411 g/mol. The van der Waals surface area contributed by atoms with E-state index >= 15 is 0 Å². The number of carbonyl (C=O) groups excluding carboxylic acids is 2. The van der Waals surface area contributed by atoms with Gasteiger partial charge in [0.15, 0.2) is 16.4 Å². The summed E-state index contributed by atoms with van der Waals surface area (Å²) in [6.45, 7) is -0.521. The first-order chi connectivity index (χ1) is 13.3. The summed E-state index contributed by atoms with van der Waals surface area (Å²) in [6, 6.07) is 7.87. The second-order valence-corrected chi connectivity index (χ2v) is 8.48. The molecule has 1 atom stereocenters. The minimum Gasteiger partial charge on any atom is -0.486 e. The van der Waals surface area contributed by atoms with Gasteiger partial charge < -0.3 is 19.2 Å². The molecule has 1 amide bonds. The van der Waals surface area contributed by atoms with Crippen molar-refractivity contribution in [1.29, 1.82) is 0 Å². The molecule has 150 valence electrons. The summed E-state index contributed by atoms with van der Waals surface area (Å²) >= 11 is 0. The molecule has 2 heterocycles. The Bertz CT molecular complexity index is 953. The van der Waals surface area contributed by atoms with Crippen LogP contribution in [0.5, 0.6) is 5.75 Å². The van der Waals surface area contributed by atoms with Crippen molar-refractivity contribution < 1.29 is 36.3 Å². The van der Waals surface area contributed by atoms with E-state index in [0.29, 0.717) is 17.9 Å². The minimum atomic E-state index is -3.11. The van der Waals surface area contributed by atoms with Gasteiger partial charge in [0.05, 0.1) is 11.5 Å². The number of esters is 1. The lowest BCUT2D eigenvalue weighted by atomic mass is 10.2. The van der Waals surface area contributed by atoms with Crippen LogP contribution in [-0.4, -0.2) is 44.4 Å². The van der Waals surface area contributed by atoms with Crippen LogP contribution < -0.4 is 10.1 Å². The summed E-state index contributed by atoms with van der Waals surface area (Å²) in [6.07, 6.45) is 0.345. The van der Waals surface area contributed by atoms with Crippen molar-refractivity contribution in [2.75, 3.05) is 18.1 Å². The number of hydrogen-bond donors (Lipinski definition) is 1. The quantitative estimate of drug-likeness (QED) is 0.687. The molecule has 1 unspecified atom stereocenters. The third-order valence-electron chi connectivity index (χ3n) is 3.99. The molecule has 1 aliphatic rings. The fraction of sp³-hybridized carbons (Fsp3) is 0.333. The zero-order valence-corrected chi connectivity index (χ0v) is 15.5. The van der Waals surface area contributed by atoms with Crippen LogP contribution in [0, 0.1) is 5.82 Å². The third-order valence-corrected chi connectivity index (χ3v) is 5.76. The van der Waals surface area contributed by atoms with E-state index in [2.05, 4.69) is 5.32 Å². The van der Waals surface area contributed by atoms with Crippen LogP contribution in [0.1, 0.15) is 22.7 Å². The molecule has 1 N–H and O–H groups in total. The van der Waals surface area contributed by atoms with Crippen molar-refractivity contribution in [1.82, 2.24) is 5.32 Å². The van der Waals surface area contributed by atoms with Crippen molar-refractivity contribution in [3.63, 3.8) is 0 Å². The summed E-state index contributed by atoms with van der Waals surface area (Å²) in [5, 5.41) is 2.52. The molecule has 0 radical (unpaired) electrons. The van der Waals surface area contributed by atoms with E-state index < -0.39 is 34.4 Å². The molecular formula is C18H18FNO7S. The number of rotatable bonds is 7. The van der Waals surface area contributed by atoms with Gasteiger partial charge in [-0.3, -0.25) is 4.79 Å². The van der Waals surface area contributed by atoms with Gasteiger partial charge >= 0.3 is 5.97 Å². The first kappa shape index (κ1) is 19.9. The molecule has 3 rings (SSSR count). The maximum Gasteiger partial charge on any atom is 0.374 e. The van der Waals surface area contributed by atoms with Crippen LogP contribution in [0.3, 0.4) is 0 Å². The highest BCUT2D eigenvalue weighted by Gasteiger charge is 2.29. The number of furan rings is 1. The second-order valence-electron chi connectivity index (χ2n) is 6.25. The number of halogens is 1. The van der Waals surface area contributed by atoms with Gasteiger partial charge in [-0.05, 0) is 42.8 Å². The topological polar surface area (TPSA) is 112 Å². The van der Waals surface area contributed by atoms with Gasteiger partial charge in [-0.25, -0.2) is 17.6 Å². The van der Waals surface area contributed by atoms with Crippen LogP contribution in [0.2, 0.25) is 0 Å². The van der Waals surface area contributed by atoms with E-state index in [1.165, 1.54) is 36.4 Å². The van der Waals surface area contributed by atoms with E-state index in [1.807, 2.05) is 0 Å². The number of carbonyl (C=O) groups is 2. The highest BCUT2D eigenvalue weighted by atomic mass is 32.2. The van der Waals surface area contributed by atoms with Crippen molar-refractivity contribution in [3.05, 3.63) is 53.7 Å². The molecule has 1 aromatic carbocycles. The van der Waals surface area contributed by atoms with Gasteiger partial charge in [-0.2, -0.15) is 0 Å².